The second-order valence-corrected chi connectivity index (χ2v) is 8.02. The maximum Gasteiger partial charge on any atom is 0.226 e. The van der Waals surface area contributed by atoms with Crippen LogP contribution in [0.2, 0.25) is 0 Å². The Labute approximate surface area is 173 Å². The zero-order chi connectivity index (χ0) is 20.7. The molecule has 1 aliphatic rings. The van der Waals surface area contributed by atoms with Crippen molar-refractivity contribution in [2.75, 3.05) is 46.4 Å². The number of oxazole rings is 1. The lowest BCUT2D eigenvalue weighted by Gasteiger charge is -2.41. The number of rotatable bonds is 7. The van der Waals surface area contributed by atoms with Crippen molar-refractivity contribution in [1.29, 1.82) is 0 Å². The van der Waals surface area contributed by atoms with E-state index in [1.165, 1.54) is 5.56 Å². The number of nitrogens with zero attached hydrogens (tertiary/aromatic N) is 3. The molecule has 1 aliphatic heterocycles. The number of benzene rings is 1. The Morgan fingerprint density at radius 1 is 1.17 bits per heavy atom. The fourth-order valence-electron chi connectivity index (χ4n) is 3.36. The largest absolute Gasteiger partial charge is 0.444 e. The fraction of sp³-hybridized carbons (Fsp3) is 0.545. The Kier molecular flexibility index (Phi) is 7.28. The molecule has 0 spiro atoms. The molecule has 29 heavy (non-hydrogen) atoms. The van der Waals surface area contributed by atoms with E-state index in [2.05, 4.69) is 58.4 Å². The standard InChI is InChI=1S/C22H33N5O2/c1-17-5-7-18(8-6-17)20-26-19(15-29-20)9-10-24-21(23-4)25-16-22(2,3)27-11-13-28-14-12-27/h5-8,15H,9-14,16H2,1-4H3,(H2,23,24,25). The van der Waals surface area contributed by atoms with Crippen LogP contribution in [0.3, 0.4) is 0 Å². The molecule has 0 radical (unpaired) electrons. The molecule has 7 heteroatoms. The number of hydrogen-bond acceptors (Lipinski definition) is 5. The molecular weight excluding hydrogens is 366 g/mol. The minimum Gasteiger partial charge on any atom is -0.444 e. The van der Waals surface area contributed by atoms with Gasteiger partial charge in [-0.2, -0.15) is 0 Å². The molecule has 2 N–H and O–H groups in total. The molecule has 0 unspecified atom stereocenters. The lowest BCUT2D eigenvalue weighted by atomic mass is 10.0. The minimum atomic E-state index is 0.0381. The molecule has 1 aromatic carbocycles. The monoisotopic (exact) mass is 399 g/mol. The molecule has 1 fully saturated rings. The molecule has 1 aromatic heterocycles. The molecule has 2 aromatic rings. The summed E-state index contributed by atoms with van der Waals surface area (Å²) in [5.41, 5.74) is 3.19. The summed E-state index contributed by atoms with van der Waals surface area (Å²) >= 11 is 0. The number of aromatic nitrogens is 1. The summed E-state index contributed by atoms with van der Waals surface area (Å²) < 4.78 is 11.1. The van der Waals surface area contributed by atoms with Crippen LogP contribution in [-0.2, 0) is 11.2 Å². The number of morpholine rings is 1. The van der Waals surface area contributed by atoms with Crippen LogP contribution in [0.25, 0.3) is 11.5 Å². The second-order valence-electron chi connectivity index (χ2n) is 8.02. The molecule has 1 saturated heterocycles. The van der Waals surface area contributed by atoms with Crippen LogP contribution < -0.4 is 10.6 Å². The summed E-state index contributed by atoms with van der Waals surface area (Å²) in [4.78, 5) is 11.4. The molecule has 0 saturated carbocycles. The predicted molar refractivity (Wildman–Crippen MR) is 116 cm³/mol. The van der Waals surface area contributed by atoms with Gasteiger partial charge in [0.15, 0.2) is 5.96 Å². The summed E-state index contributed by atoms with van der Waals surface area (Å²) in [5.74, 6) is 1.46. The highest BCUT2D eigenvalue weighted by molar-refractivity contribution is 5.79. The van der Waals surface area contributed by atoms with E-state index in [-0.39, 0.29) is 5.54 Å². The Morgan fingerprint density at radius 3 is 2.59 bits per heavy atom. The summed E-state index contributed by atoms with van der Waals surface area (Å²) in [5, 5.41) is 6.81. The number of nitrogens with one attached hydrogen (secondary N) is 2. The number of aryl methyl sites for hydroxylation is 1. The summed E-state index contributed by atoms with van der Waals surface area (Å²) in [7, 11) is 1.79. The van der Waals surface area contributed by atoms with Gasteiger partial charge in [0.05, 0.1) is 18.9 Å². The fourth-order valence-corrected chi connectivity index (χ4v) is 3.36. The van der Waals surface area contributed by atoms with Gasteiger partial charge in [0.2, 0.25) is 5.89 Å². The Balaban J connectivity index is 1.44. The average molecular weight is 400 g/mol. The molecule has 3 rings (SSSR count). The van der Waals surface area contributed by atoms with E-state index in [0.717, 1.165) is 63.0 Å². The van der Waals surface area contributed by atoms with Crippen LogP contribution in [0.1, 0.15) is 25.1 Å². The van der Waals surface area contributed by atoms with Crippen molar-refractivity contribution in [2.24, 2.45) is 4.99 Å². The number of hydrogen-bond donors (Lipinski definition) is 2. The topological polar surface area (TPSA) is 74.9 Å². The maximum atomic E-state index is 5.63. The average Bonchev–Trinajstić information content (AvgIpc) is 3.20. The third-order valence-electron chi connectivity index (χ3n) is 5.30. The first-order valence-corrected chi connectivity index (χ1v) is 10.3. The predicted octanol–water partition coefficient (Wildman–Crippen LogP) is 2.47. The lowest BCUT2D eigenvalue weighted by molar-refractivity contribution is -0.00833. The van der Waals surface area contributed by atoms with E-state index in [9.17, 15) is 0 Å². The van der Waals surface area contributed by atoms with Gasteiger partial charge in [-0.25, -0.2) is 4.98 Å². The van der Waals surface area contributed by atoms with E-state index >= 15 is 0 Å². The molecule has 0 aliphatic carbocycles. The van der Waals surface area contributed by atoms with Crippen LogP contribution in [0.4, 0.5) is 0 Å². The molecule has 0 atom stereocenters. The summed E-state index contributed by atoms with van der Waals surface area (Å²) in [6.07, 6.45) is 2.50. The first-order valence-electron chi connectivity index (χ1n) is 10.3. The van der Waals surface area contributed by atoms with Crippen molar-refractivity contribution in [3.05, 3.63) is 41.8 Å². The molecule has 0 amide bonds. The Morgan fingerprint density at radius 2 is 1.90 bits per heavy atom. The van der Waals surface area contributed by atoms with E-state index in [4.69, 9.17) is 9.15 Å². The SMILES string of the molecule is CN=C(NCCc1coc(-c2ccc(C)cc2)n1)NCC(C)(C)N1CCOCC1. The zero-order valence-corrected chi connectivity index (χ0v) is 18.0. The number of aliphatic imine (C=N–C) groups is 1. The second kappa shape index (κ2) is 9.89. The smallest absolute Gasteiger partial charge is 0.226 e. The highest BCUT2D eigenvalue weighted by Crippen LogP contribution is 2.19. The van der Waals surface area contributed by atoms with E-state index in [1.807, 2.05) is 12.1 Å². The van der Waals surface area contributed by atoms with Gasteiger partial charge in [-0.15, -0.1) is 0 Å². The normalized spacial score (nSPS) is 16.1. The van der Waals surface area contributed by atoms with E-state index in [1.54, 1.807) is 13.3 Å². The van der Waals surface area contributed by atoms with Gasteiger partial charge in [-0.3, -0.25) is 9.89 Å². The van der Waals surface area contributed by atoms with Gasteiger partial charge in [-0.1, -0.05) is 17.7 Å². The van der Waals surface area contributed by atoms with Crippen LogP contribution in [0.5, 0.6) is 0 Å². The van der Waals surface area contributed by atoms with Crippen molar-refractivity contribution in [2.45, 2.75) is 32.7 Å². The molecule has 2 heterocycles. The van der Waals surface area contributed by atoms with Crippen LogP contribution in [0.15, 0.2) is 39.9 Å². The highest BCUT2D eigenvalue weighted by Gasteiger charge is 2.28. The first kappa shape index (κ1) is 21.3. The molecule has 158 valence electrons. The van der Waals surface area contributed by atoms with Crippen LogP contribution in [-0.4, -0.2) is 67.8 Å². The third kappa shape index (κ3) is 6.05. The van der Waals surface area contributed by atoms with Gasteiger partial charge >= 0.3 is 0 Å². The maximum absolute atomic E-state index is 5.63. The zero-order valence-electron chi connectivity index (χ0n) is 18.0. The first-order chi connectivity index (χ1) is 14.0. The quantitative estimate of drug-likeness (QED) is 0.550. The summed E-state index contributed by atoms with van der Waals surface area (Å²) in [6.45, 7) is 11.7. The van der Waals surface area contributed by atoms with Crippen molar-refractivity contribution in [3.8, 4) is 11.5 Å². The number of guanidine groups is 1. The van der Waals surface area contributed by atoms with Gasteiger partial charge in [-0.05, 0) is 32.9 Å². The van der Waals surface area contributed by atoms with Crippen LogP contribution in [0, 0.1) is 6.92 Å². The van der Waals surface area contributed by atoms with E-state index < -0.39 is 0 Å². The highest BCUT2D eigenvalue weighted by atomic mass is 16.5. The lowest BCUT2D eigenvalue weighted by Crippen LogP contribution is -2.56. The van der Waals surface area contributed by atoms with Crippen molar-refractivity contribution in [3.63, 3.8) is 0 Å². The minimum absolute atomic E-state index is 0.0381. The van der Waals surface area contributed by atoms with Crippen molar-refractivity contribution < 1.29 is 9.15 Å². The van der Waals surface area contributed by atoms with Crippen molar-refractivity contribution >= 4 is 5.96 Å². The van der Waals surface area contributed by atoms with Crippen LogP contribution >= 0.6 is 0 Å². The van der Waals surface area contributed by atoms with Gasteiger partial charge in [0.25, 0.3) is 0 Å². The molecular formula is C22H33N5O2. The van der Waals surface area contributed by atoms with E-state index in [0.29, 0.717) is 5.89 Å². The van der Waals surface area contributed by atoms with Gasteiger partial charge in [0, 0.05) is 50.7 Å². The van der Waals surface area contributed by atoms with Crippen molar-refractivity contribution in [1.82, 2.24) is 20.5 Å². The summed E-state index contributed by atoms with van der Waals surface area (Å²) in [6, 6.07) is 8.19. The molecule has 7 nitrogen and oxygen atoms in total. The Bertz CT molecular complexity index is 792. The molecule has 0 bridgehead atoms. The third-order valence-corrected chi connectivity index (χ3v) is 5.30. The van der Waals surface area contributed by atoms with Gasteiger partial charge in [0.1, 0.15) is 6.26 Å². The Hall–Kier alpha value is -2.38. The number of ether oxygens (including phenoxy) is 1. The van der Waals surface area contributed by atoms with Gasteiger partial charge < -0.3 is 19.8 Å².